The number of ether oxygens (including phenoxy) is 3. The lowest BCUT2D eigenvalue weighted by atomic mass is 9.86. The smallest absolute Gasteiger partial charge is 0.227 e. The molecule has 5 heteroatoms. The average molecular weight is 362 g/mol. The van der Waals surface area contributed by atoms with E-state index in [4.69, 9.17) is 14.2 Å². The second-order valence-electron chi connectivity index (χ2n) is 6.20. The van der Waals surface area contributed by atoms with E-state index in [0.29, 0.717) is 22.8 Å². The Morgan fingerprint density at radius 3 is 2.19 bits per heavy atom. The van der Waals surface area contributed by atoms with Crippen molar-refractivity contribution in [1.29, 1.82) is 0 Å². The van der Waals surface area contributed by atoms with Crippen molar-refractivity contribution in [2.24, 2.45) is 0 Å². The van der Waals surface area contributed by atoms with Crippen molar-refractivity contribution in [2.45, 2.75) is 0 Å². The fourth-order valence-electron chi connectivity index (χ4n) is 3.57. The summed E-state index contributed by atoms with van der Waals surface area (Å²) in [6.07, 6.45) is 1.52. The fourth-order valence-corrected chi connectivity index (χ4v) is 3.57. The molecule has 1 aliphatic carbocycles. The van der Waals surface area contributed by atoms with Crippen LogP contribution in [0.1, 0.15) is 15.9 Å². The van der Waals surface area contributed by atoms with E-state index >= 15 is 0 Å². The Bertz CT molecular complexity index is 1090. The predicted molar refractivity (Wildman–Crippen MR) is 104 cm³/mol. The maximum absolute atomic E-state index is 12.4. The van der Waals surface area contributed by atoms with Crippen LogP contribution >= 0.6 is 0 Å². The van der Waals surface area contributed by atoms with Crippen LogP contribution in [0.25, 0.3) is 28.0 Å². The van der Waals surface area contributed by atoms with Crippen molar-refractivity contribution in [2.75, 3.05) is 21.3 Å². The van der Waals surface area contributed by atoms with Gasteiger partial charge in [-0.2, -0.15) is 0 Å². The minimum atomic E-state index is -0.366. The van der Waals surface area contributed by atoms with Gasteiger partial charge >= 0.3 is 0 Å². The summed E-state index contributed by atoms with van der Waals surface area (Å²) in [4.78, 5) is 12.4. The lowest BCUT2D eigenvalue weighted by Gasteiger charge is -2.19. The first-order valence-electron chi connectivity index (χ1n) is 8.40. The van der Waals surface area contributed by atoms with Gasteiger partial charge < -0.3 is 19.3 Å². The molecule has 5 nitrogen and oxygen atoms in total. The predicted octanol–water partition coefficient (Wildman–Crippen LogP) is 4.63. The fraction of sp³-hybridized carbons (Fsp3) is 0.136. The van der Waals surface area contributed by atoms with Gasteiger partial charge in [0.05, 0.1) is 21.3 Å². The first kappa shape index (κ1) is 17.0. The zero-order chi connectivity index (χ0) is 19.1. The molecule has 0 atom stereocenters. The van der Waals surface area contributed by atoms with Gasteiger partial charge in [-0.15, -0.1) is 0 Å². The molecule has 27 heavy (non-hydrogen) atoms. The van der Waals surface area contributed by atoms with Crippen molar-refractivity contribution in [3.63, 3.8) is 0 Å². The second-order valence-corrected chi connectivity index (χ2v) is 6.20. The molecule has 0 amide bonds. The van der Waals surface area contributed by atoms with Crippen LogP contribution in [0.3, 0.4) is 0 Å². The first-order chi connectivity index (χ1) is 13.1. The molecule has 0 saturated carbocycles. The SMILES string of the molecule is COc1cc(-c2ccc3cccc4c3c2C=C(O)C4=O)cc(OC)c1OC. The molecule has 136 valence electrons. The Morgan fingerprint density at radius 2 is 1.56 bits per heavy atom. The third-order valence-electron chi connectivity index (χ3n) is 4.82. The van der Waals surface area contributed by atoms with Gasteiger partial charge in [0, 0.05) is 10.9 Å². The maximum atomic E-state index is 12.4. The standard InChI is InChI=1S/C22H18O5/c1-25-18-9-13(10-19(26-2)22(18)27-3)14-8-7-12-5-4-6-15-20(12)16(14)11-17(23)21(15)24/h4-11,23H,1-3H3. The highest BCUT2D eigenvalue weighted by atomic mass is 16.5. The quantitative estimate of drug-likeness (QED) is 0.733. The average Bonchev–Trinajstić information content (AvgIpc) is 2.70. The molecule has 4 rings (SSSR count). The monoisotopic (exact) mass is 362 g/mol. The molecule has 0 spiro atoms. The van der Waals surface area contributed by atoms with Gasteiger partial charge in [-0.05, 0) is 40.3 Å². The van der Waals surface area contributed by atoms with Crippen LogP contribution in [0.5, 0.6) is 17.2 Å². The third kappa shape index (κ3) is 2.51. The molecule has 3 aromatic rings. The van der Waals surface area contributed by atoms with E-state index in [-0.39, 0.29) is 11.5 Å². The number of aliphatic hydroxyl groups excluding tert-OH is 1. The molecule has 1 aliphatic rings. The van der Waals surface area contributed by atoms with Crippen LogP contribution in [-0.2, 0) is 0 Å². The van der Waals surface area contributed by atoms with E-state index in [1.807, 2.05) is 36.4 Å². The van der Waals surface area contributed by atoms with E-state index in [2.05, 4.69) is 0 Å². The van der Waals surface area contributed by atoms with Gasteiger partial charge in [-0.25, -0.2) is 0 Å². The molecule has 0 aromatic heterocycles. The van der Waals surface area contributed by atoms with Crippen molar-refractivity contribution in [1.82, 2.24) is 0 Å². The van der Waals surface area contributed by atoms with Crippen LogP contribution in [0, 0.1) is 0 Å². The molecule has 0 radical (unpaired) electrons. The largest absolute Gasteiger partial charge is 0.504 e. The molecule has 0 saturated heterocycles. The molecular formula is C22H18O5. The molecule has 0 bridgehead atoms. The van der Waals surface area contributed by atoms with E-state index < -0.39 is 0 Å². The molecular weight excluding hydrogens is 344 g/mol. The van der Waals surface area contributed by atoms with Gasteiger partial charge in [-0.1, -0.05) is 30.3 Å². The van der Waals surface area contributed by atoms with Crippen molar-refractivity contribution in [3.8, 4) is 28.4 Å². The van der Waals surface area contributed by atoms with Crippen molar-refractivity contribution >= 4 is 22.6 Å². The maximum Gasteiger partial charge on any atom is 0.227 e. The van der Waals surface area contributed by atoms with E-state index in [9.17, 15) is 9.90 Å². The molecule has 0 unspecified atom stereocenters. The number of Topliss-reactive ketones (excluding diaryl/α,β-unsaturated/α-hetero) is 1. The third-order valence-corrected chi connectivity index (χ3v) is 4.82. The molecule has 0 heterocycles. The van der Waals surface area contributed by atoms with Crippen LogP contribution in [-0.4, -0.2) is 32.2 Å². The highest BCUT2D eigenvalue weighted by Crippen LogP contribution is 2.44. The normalized spacial score (nSPS) is 12.7. The van der Waals surface area contributed by atoms with Crippen molar-refractivity contribution < 1.29 is 24.1 Å². The number of ketones is 1. The van der Waals surface area contributed by atoms with Crippen LogP contribution in [0.4, 0.5) is 0 Å². The van der Waals surface area contributed by atoms with E-state index in [1.54, 1.807) is 27.4 Å². The van der Waals surface area contributed by atoms with E-state index in [0.717, 1.165) is 27.5 Å². The number of carbonyl (C=O) groups is 1. The summed E-state index contributed by atoms with van der Waals surface area (Å²) in [5, 5.41) is 11.9. The van der Waals surface area contributed by atoms with Gasteiger partial charge in [0.25, 0.3) is 0 Å². The number of carbonyl (C=O) groups excluding carboxylic acids is 1. The number of hydrogen-bond acceptors (Lipinski definition) is 5. The Balaban J connectivity index is 2.05. The number of hydrogen-bond donors (Lipinski definition) is 1. The number of allylic oxidation sites excluding steroid dienone is 1. The van der Waals surface area contributed by atoms with Crippen LogP contribution in [0.2, 0.25) is 0 Å². The Kier molecular flexibility index (Phi) is 4.00. The first-order valence-corrected chi connectivity index (χ1v) is 8.40. The summed E-state index contributed by atoms with van der Waals surface area (Å²) in [5.41, 5.74) is 2.97. The van der Waals surface area contributed by atoms with Gasteiger partial charge in [0.15, 0.2) is 17.3 Å². The van der Waals surface area contributed by atoms with Crippen LogP contribution in [0.15, 0.2) is 48.2 Å². The van der Waals surface area contributed by atoms with Gasteiger partial charge in [0.1, 0.15) is 0 Å². The topological polar surface area (TPSA) is 65.0 Å². The number of aliphatic hydroxyl groups is 1. The Hall–Kier alpha value is -3.47. The molecule has 1 N–H and O–H groups in total. The minimum Gasteiger partial charge on any atom is -0.504 e. The van der Waals surface area contributed by atoms with Gasteiger partial charge in [0.2, 0.25) is 11.5 Å². The Labute approximate surface area is 156 Å². The molecule has 0 fully saturated rings. The molecule has 0 aliphatic heterocycles. The lowest BCUT2D eigenvalue weighted by molar-refractivity contribution is 0.0981. The summed E-state index contributed by atoms with van der Waals surface area (Å²) >= 11 is 0. The number of benzene rings is 3. The lowest BCUT2D eigenvalue weighted by Crippen LogP contribution is -2.09. The number of methoxy groups -OCH3 is 3. The van der Waals surface area contributed by atoms with Gasteiger partial charge in [-0.3, -0.25) is 4.79 Å². The Morgan fingerprint density at radius 1 is 0.852 bits per heavy atom. The summed E-state index contributed by atoms with van der Waals surface area (Å²) < 4.78 is 16.3. The highest BCUT2D eigenvalue weighted by Gasteiger charge is 2.24. The summed E-state index contributed by atoms with van der Waals surface area (Å²) in [7, 11) is 4.68. The summed E-state index contributed by atoms with van der Waals surface area (Å²) in [5.74, 6) is 0.942. The highest BCUT2D eigenvalue weighted by molar-refractivity contribution is 6.23. The minimum absolute atomic E-state index is 0.269. The summed E-state index contributed by atoms with van der Waals surface area (Å²) in [6, 6.07) is 13.1. The zero-order valence-corrected chi connectivity index (χ0v) is 15.2. The zero-order valence-electron chi connectivity index (χ0n) is 15.2. The molecule has 3 aromatic carbocycles. The summed E-state index contributed by atoms with van der Waals surface area (Å²) in [6.45, 7) is 0. The van der Waals surface area contributed by atoms with E-state index in [1.165, 1.54) is 6.08 Å². The number of rotatable bonds is 4. The van der Waals surface area contributed by atoms with Crippen molar-refractivity contribution in [3.05, 3.63) is 59.4 Å². The second kappa shape index (κ2) is 6.36. The van der Waals surface area contributed by atoms with Crippen LogP contribution < -0.4 is 14.2 Å².